The highest BCUT2D eigenvalue weighted by Crippen LogP contribution is 2.45. The summed E-state index contributed by atoms with van der Waals surface area (Å²) in [6, 6.07) is 15.1. The molecule has 0 saturated heterocycles. The normalized spacial score (nSPS) is 15.6. The lowest BCUT2D eigenvalue weighted by atomic mass is 9.98. The molecule has 0 aliphatic heterocycles. The van der Waals surface area contributed by atoms with Crippen molar-refractivity contribution in [1.82, 2.24) is 14.7 Å². The van der Waals surface area contributed by atoms with Crippen LogP contribution < -0.4 is 0 Å². The maximum absolute atomic E-state index is 13.3. The molecule has 1 heterocycles. The van der Waals surface area contributed by atoms with Crippen LogP contribution in [0.15, 0.2) is 54.7 Å². The van der Waals surface area contributed by atoms with Crippen LogP contribution in [-0.4, -0.2) is 44.5 Å². The van der Waals surface area contributed by atoms with Crippen LogP contribution in [-0.2, 0) is 23.0 Å². The average Bonchev–Trinajstić information content (AvgIpc) is 3.51. The maximum atomic E-state index is 13.3. The lowest BCUT2D eigenvalue weighted by Crippen LogP contribution is -2.41. The van der Waals surface area contributed by atoms with Crippen molar-refractivity contribution >= 4 is 12.1 Å². The third-order valence-electron chi connectivity index (χ3n) is 6.57. The highest BCUT2D eigenvalue weighted by Gasteiger charge is 2.44. The van der Waals surface area contributed by atoms with Crippen molar-refractivity contribution in [2.75, 3.05) is 6.61 Å². The number of benzene rings is 2. The number of carbonyl (C=O) groups excluding carboxylic acids is 1. The molecule has 0 bridgehead atoms. The standard InChI is InChI=1S/C26H27N3O4/c1-3-23-21(14-28(2)27-23)24(25(30)31)29(16-12-13-16)26(32)33-15-22-19-10-6-4-8-17(19)18-9-5-7-11-20(18)22/h4-11,14,16,22,24H,3,12-13,15H2,1-2H3,(H,30,31). The maximum Gasteiger partial charge on any atom is 0.411 e. The highest BCUT2D eigenvalue weighted by molar-refractivity contribution is 5.83. The predicted octanol–water partition coefficient (Wildman–Crippen LogP) is 4.52. The van der Waals surface area contributed by atoms with Gasteiger partial charge in [0.2, 0.25) is 0 Å². The van der Waals surface area contributed by atoms with E-state index < -0.39 is 18.1 Å². The summed E-state index contributed by atoms with van der Waals surface area (Å²) in [5.41, 5.74) is 5.79. The summed E-state index contributed by atoms with van der Waals surface area (Å²) in [7, 11) is 1.76. The highest BCUT2D eigenvalue weighted by atomic mass is 16.6. The number of rotatable bonds is 7. The van der Waals surface area contributed by atoms with Crippen molar-refractivity contribution in [3.05, 3.63) is 77.1 Å². The van der Waals surface area contributed by atoms with Crippen LogP contribution in [0, 0.1) is 0 Å². The molecular formula is C26H27N3O4. The van der Waals surface area contributed by atoms with Crippen molar-refractivity contribution in [2.24, 2.45) is 7.05 Å². The molecule has 1 unspecified atom stereocenters. The Morgan fingerprint density at radius 1 is 1.12 bits per heavy atom. The number of nitrogens with zero attached hydrogens (tertiary/aromatic N) is 3. The molecule has 2 aliphatic carbocycles. The molecule has 2 aliphatic rings. The summed E-state index contributed by atoms with van der Waals surface area (Å²) >= 11 is 0. The van der Waals surface area contributed by atoms with E-state index in [1.807, 2.05) is 31.2 Å². The van der Waals surface area contributed by atoms with Crippen molar-refractivity contribution < 1.29 is 19.4 Å². The monoisotopic (exact) mass is 445 g/mol. The summed E-state index contributed by atoms with van der Waals surface area (Å²) in [6.45, 7) is 2.09. The first-order valence-electron chi connectivity index (χ1n) is 11.4. The second kappa shape index (κ2) is 8.39. The number of carbonyl (C=O) groups is 2. The Balaban J connectivity index is 1.42. The number of aryl methyl sites for hydroxylation is 2. The van der Waals surface area contributed by atoms with Gasteiger partial charge in [-0.2, -0.15) is 5.10 Å². The van der Waals surface area contributed by atoms with Gasteiger partial charge in [-0.25, -0.2) is 9.59 Å². The van der Waals surface area contributed by atoms with Gasteiger partial charge in [-0.05, 0) is 41.5 Å². The molecule has 0 radical (unpaired) electrons. The zero-order chi connectivity index (χ0) is 23.1. The number of ether oxygens (including phenoxy) is 1. The minimum Gasteiger partial charge on any atom is -0.479 e. The van der Waals surface area contributed by atoms with Crippen molar-refractivity contribution in [3.63, 3.8) is 0 Å². The number of fused-ring (bicyclic) bond motifs is 3. The third kappa shape index (κ3) is 3.77. The van der Waals surface area contributed by atoms with Crippen LogP contribution in [0.3, 0.4) is 0 Å². The van der Waals surface area contributed by atoms with Gasteiger partial charge >= 0.3 is 12.1 Å². The van der Waals surface area contributed by atoms with Gasteiger partial charge in [0.1, 0.15) is 6.61 Å². The number of aliphatic carboxylic acids is 1. The summed E-state index contributed by atoms with van der Waals surface area (Å²) in [4.78, 5) is 27.1. The zero-order valence-electron chi connectivity index (χ0n) is 18.8. The molecule has 3 aromatic rings. The summed E-state index contributed by atoms with van der Waals surface area (Å²) in [6.07, 6.45) is 3.25. The van der Waals surface area contributed by atoms with Gasteiger partial charge in [-0.1, -0.05) is 55.5 Å². The molecule has 33 heavy (non-hydrogen) atoms. The molecule has 1 N–H and O–H groups in total. The van der Waals surface area contributed by atoms with E-state index in [1.54, 1.807) is 17.9 Å². The van der Waals surface area contributed by atoms with Gasteiger partial charge in [-0.15, -0.1) is 0 Å². The third-order valence-corrected chi connectivity index (χ3v) is 6.57. The van der Waals surface area contributed by atoms with Gasteiger partial charge in [-0.3, -0.25) is 9.58 Å². The Hall–Kier alpha value is -3.61. The Morgan fingerprint density at radius 3 is 2.27 bits per heavy atom. The van der Waals surface area contributed by atoms with Gasteiger partial charge in [0.25, 0.3) is 0 Å². The van der Waals surface area contributed by atoms with Crippen molar-refractivity contribution in [1.29, 1.82) is 0 Å². The number of amides is 1. The summed E-state index contributed by atoms with van der Waals surface area (Å²) in [5, 5.41) is 14.5. The molecular weight excluding hydrogens is 418 g/mol. The zero-order valence-corrected chi connectivity index (χ0v) is 18.8. The fraction of sp³-hybridized carbons (Fsp3) is 0.346. The molecule has 1 atom stereocenters. The predicted molar refractivity (Wildman–Crippen MR) is 123 cm³/mol. The SMILES string of the molecule is CCc1nn(C)cc1C(C(=O)O)N(C(=O)OCC1c2ccccc2-c2ccccc21)C1CC1. The Morgan fingerprint density at radius 2 is 1.73 bits per heavy atom. The van der Waals surface area contributed by atoms with E-state index in [9.17, 15) is 14.7 Å². The largest absolute Gasteiger partial charge is 0.479 e. The smallest absolute Gasteiger partial charge is 0.411 e. The van der Waals surface area contributed by atoms with E-state index in [0.29, 0.717) is 17.7 Å². The van der Waals surface area contributed by atoms with E-state index >= 15 is 0 Å². The van der Waals surface area contributed by atoms with Crippen molar-refractivity contribution in [3.8, 4) is 11.1 Å². The molecule has 7 heteroatoms. The minimum absolute atomic E-state index is 0.0738. The molecule has 170 valence electrons. The number of aromatic nitrogens is 2. The summed E-state index contributed by atoms with van der Waals surface area (Å²) < 4.78 is 7.44. The topological polar surface area (TPSA) is 84.7 Å². The van der Waals surface area contributed by atoms with Crippen LogP contribution in [0.2, 0.25) is 0 Å². The van der Waals surface area contributed by atoms with E-state index in [-0.39, 0.29) is 18.6 Å². The fourth-order valence-electron chi connectivity index (χ4n) is 4.94. The fourth-order valence-corrected chi connectivity index (χ4v) is 4.94. The van der Waals surface area contributed by atoms with Gasteiger partial charge in [0, 0.05) is 30.8 Å². The number of carboxylic acid groups (broad SMARTS) is 1. The first-order chi connectivity index (χ1) is 16.0. The van der Waals surface area contributed by atoms with Crippen LogP contribution in [0.25, 0.3) is 11.1 Å². The second-order valence-corrected chi connectivity index (χ2v) is 8.74. The Labute approximate surface area is 192 Å². The minimum atomic E-state index is -1.11. The first kappa shape index (κ1) is 21.2. The second-order valence-electron chi connectivity index (χ2n) is 8.74. The number of hydrogen-bond acceptors (Lipinski definition) is 4. The Bertz CT molecular complexity index is 1170. The van der Waals surface area contributed by atoms with Crippen LogP contribution in [0.1, 0.15) is 54.1 Å². The first-order valence-corrected chi connectivity index (χ1v) is 11.4. The van der Waals surface area contributed by atoms with Crippen molar-refractivity contribution in [2.45, 2.75) is 44.2 Å². The molecule has 1 saturated carbocycles. The van der Waals surface area contributed by atoms with Crippen LogP contribution in [0.5, 0.6) is 0 Å². The molecule has 1 fully saturated rings. The number of carboxylic acids is 1. The molecule has 0 spiro atoms. The van der Waals surface area contributed by atoms with E-state index in [4.69, 9.17) is 4.74 Å². The molecule has 1 amide bonds. The lowest BCUT2D eigenvalue weighted by molar-refractivity contribution is -0.143. The van der Waals surface area contributed by atoms with E-state index in [0.717, 1.165) is 35.1 Å². The Kier molecular flexibility index (Phi) is 5.40. The van der Waals surface area contributed by atoms with E-state index in [1.165, 1.54) is 4.90 Å². The van der Waals surface area contributed by atoms with Crippen LogP contribution in [0.4, 0.5) is 4.79 Å². The molecule has 5 rings (SSSR count). The quantitative estimate of drug-likeness (QED) is 0.578. The average molecular weight is 446 g/mol. The van der Waals surface area contributed by atoms with Gasteiger partial charge < -0.3 is 9.84 Å². The molecule has 1 aromatic heterocycles. The molecule has 2 aromatic carbocycles. The van der Waals surface area contributed by atoms with E-state index in [2.05, 4.69) is 29.4 Å². The van der Waals surface area contributed by atoms with Gasteiger partial charge in [0.05, 0.1) is 5.69 Å². The summed E-state index contributed by atoms with van der Waals surface area (Å²) in [5.74, 6) is -1.15. The molecule has 7 nitrogen and oxygen atoms in total. The van der Waals surface area contributed by atoms with Crippen LogP contribution >= 0.6 is 0 Å². The number of hydrogen-bond donors (Lipinski definition) is 1. The lowest BCUT2D eigenvalue weighted by Gasteiger charge is -2.29. The van der Waals surface area contributed by atoms with Gasteiger partial charge in [0.15, 0.2) is 6.04 Å².